The van der Waals surface area contributed by atoms with Gasteiger partial charge in [-0.25, -0.2) is 4.79 Å². The zero-order valence-corrected chi connectivity index (χ0v) is 16.1. The summed E-state index contributed by atoms with van der Waals surface area (Å²) in [6.45, 7) is 9.31. The summed E-state index contributed by atoms with van der Waals surface area (Å²) >= 11 is 0. The highest BCUT2D eigenvalue weighted by Gasteiger charge is 2.26. The van der Waals surface area contributed by atoms with Crippen LogP contribution in [0.15, 0.2) is 24.3 Å². The maximum Gasteiger partial charge on any atom is 0.407 e. The van der Waals surface area contributed by atoms with Gasteiger partial charge in [-0.3, -0.25) is 9.59 Å². The average molecular weight is 363 g/mol. The highest BCUT2D eigenvalue weighted by atomic mass is 16.5. The van der Waals surface area contributed by atoms with E-state index in [9.17, 15) is 14.4 Å². The maximum atomic E-state index is 12.5. The van der Waals surface area contributed by atoms with Crippen LogP contribution in [-0.2, 0) is 14.3 Å². The molecule has 1 aromatic carbocycles. The lowest BCUT2D eigenvalue weighted by molar-refractivity contribution is -0.124. The van der Waals surface area contributed by atoms with Crippen LogP contribution in [-0.4, -0.2) is 30.6 Å². The number of hydrogen-bond donors (Lipinski definition) is 3. The molecule has 0 spiro atoms. The lowest BCUT2D eigenvalue weighted by Crippen LogP contribution is -2.50. The van der Waals surface area contributed by atoms with Crippen LogP contribution in [0.5, 0.6) is 0 Å². The molecule has 0 saturated carbocycles. The van der Waals surface area contributed by atoms with E-state index in [-0.39, 0.29) is 30.4 Å². The van der Waals surface area contributed by atoms with E-state index in [1.807, 2.05) is 32.9 Å². The van der Waals surface area contributed by atoms with Crippen LogP contribution in [0.2, 0.25) is 0 Å². The van der Waals surface area contributed by atoms with Crippen LogP contribution in [0.1, 0.15) is 52.6 Å². The van der Waals surface area contributed by atoms with Gasteiger partial charge in [0, 0.05) is 12.1 Å². The zero-order chi connectivity index (χ0) is 19.7. The topological polar surface area (TPSA) is 96.5 Å². The first-order valence-electron chi connectivity index (χ1n) is 8.91. The Bertz CT molecular complexity index is 614. The molecule has 0 radical (unpaired) electrons. The number of anilines is 1. The van der Waals surface area contributed by atoms with Gasteiger partial charge in [0.2, 0.25) is 11.8 Å². The molecule has 144 valence electrons. The second-order valence-corrected chi connectivity index (χ2v) is 6.34. The van der Waals surface area contributed by atoms with Crippen molar-refractivity contribution in [1.82, 2.24) is 10.6 Å². The van der Waals surface area contributed by atoms with Gasteiger partial charge < -0.3 is 20.7 Å². The number of carbonyl (C=O) groups is 3. The van der Waals surface area contributed by atoms with Gasteiger partial charge in [-0.1, -0.05) is 32.9 Å². The Morgan fingerprint density at radius 2 is 1.62 bits per heavy atom. The predicted octanol–water partition coefficient (Wildman–Crippen LogP) is 2.98. The molecule has 3 N–H and O–H groups in total. The molecule has 0 bridgehead atoms. The third kappa shape index (κ3) is 6.74. The highest BCUT2D eigenvalue weighted by Crippen LogP contribution is 2.17. The Hall–Kier alpha value is -2.57. The van der Waals surface area contributed by atoms with Gasteiger partial charge in [0.25, 0.3) is 0 Å². The number of nitrogens with one attached hydrogen (secondary N) is 3. The van der Waals surface area contributed by atoms with Crippen LogP contribution in [0, 0.1) is 5.92 Å². The Balaban J connectivity index is 2.71. The van der Waals surface area contributed by atoms with Crippen molar-refractivity contribution in [1.29, 1.82) is 0 Å². The number of hydrogen-bond acceptors (Lipinski definition) is 4. The van der Waals surface area contributed by atoms with E-state index in [1.54, 1.807) is 26.0 Å². The molecule has 0 aliphatic heterocycles. The minimum Gasteiger partial charge on any atom is -0.450 e. The fourth-order valence-corrected chi connectivity index (χ4v) is 2.33. The fraction of sp³-hybridized carbons (Fsp3) is 0.526. The molecule has 0 fully saturated rings. The summed E-state index contributed by atoms with van der Waals surface area (Å²) in [4.78, 5) is 35.5. The quantitative estimate of drug-likeness (QED) is 0.661. The van der Waals surface area contributed by atoms with Crippen molar-refractivity contribution in [3.63, 3.8) is 0 Å². The van der Waals surface area contributed by atoms with Gasteiger partial charge >= 0.3 is 6.09 Å². The minimum absolute atomic E-state index is 0.0519. The second-order valence-electron chi connectivity index (χ2n) is 6.34. The van der Waals surface area contributed by atoms with Crippen molar-refractivity contribution in [2.45, 2.75) is 53.1 Å². The number of alkyl carbamates (subject to hydrolysis) is 1. The van der Waals surface area contributed by atoms with E-state index in [0.717, 1.165) is 5.56 Å². The van der Waals surface area contributed by atoms with Crippen LogP contribution in [0.3, 0.4) is 0 Å². The van der Waals surface area contributed by atoms with Gasteiger partial charge in [-0.15, -0.1) is 0 Å². The summed E-state index contributed by atoms with van der Waals surface area (Å²) in [6.07, 6.45) is -0.192. The molecule has 0 aromatic heterocycles. The third-order valence-electron chi connectivity index (χ3n) is 3.87. The molecular weight excluding hydrogens is 334 g/mol. The Labute approximate surface area is 154 Å². The summed E-state index contributed by atoms with van der Waals surface area (Å²) in [6, 6.07) is 6.35. The Kier molecular flexibility index (Phi) is 8.61. The van der Waals surface area contributed by atoms with Crippen LogP contribution < -0.4 is 16.0 Å². The number of amides is 3. The second kappa shape index (κ2) is 10.4. The van der Waals surface area contributed by atoms with Gasteiger partial charge in [0.15, 0.2) is 0 Å². The number of rotatable bonds is 8. The standard InChI is InChI=1S/C19H29N3O4/c1-6-16(23)21-15-10-8-14(9-11-15)13(5)20-18(24)17(12(3)4)22-19(25)26-7-2/h8-13,17H,6-7H2,1-5H3,(H,20,24)(H,21,23)(H,22,25). The first-order valence-corrected chi connectivity index (χ1v) is 8.91. The zero-order valence-electron chi connectivity index (χ0n) is 16.1. The Morgan fingerprint density at radius 3 is 2.12 bits per heavy atom. The first kappa shape index (κ1) is 21.5. The molecule has 26 heavy (non-hydrogen) atoms. The summed E-state index contributed by atoms with van der Waals surface area (Å²) < 4.78 is 4.85. The third-order valence-corrected chi connectivity index (χ3v) is 3.87. The molecule has 1 rings (SSSR count). The molecule has 3 amide bonds. The SMILES string of the molecule is CCOC(=O)NC(C(=O)NC(C)c1ccc(NC(=O)CC)cc1)C(C)C. The van der Waals surface area contributed by atoms with Crippen LogP contribution in [0.4, 0.5) is 10.5 Å². The van der Waals surface area contributed by atoms with Crippen molar-refractivity contribution >= 4 is 23.6 Å². The molecule has 7 nitrogen and oxygen atoms in total. The number of carbonyl (C=O) groups excluding carboxylic acids is 3. The largest absolute Gasteiger partial charge is 0.450 e. The summed E-state index contributed by atoms with van der Waals surface area (Å²) in [7, 11) is 0. The van der Waals surface area contributed by atoms with E-state index < -0.39 is 12.1 Å². The smallest absolute Gasteiger partial charge is 0.407 e. The molecule has 0 aliphatic rings. The van der Waals surface area contributed by atoms with Gasteiger partial charge in [-0.2, -0.15) is 0 Å². The van der Waals surface area contributed by atoms with Crippen LogP contribution >= 0.6 is 0 Å². The van der Waals surface area contributed by atoms with Crippen molar-refractivity contribution in [2.24, 2.45) is 5.92 Å². The highest BCUT2D eigenvalue weighted by molar-refractivity contribution is 5.90. The van der Waals surface area contributed by atoms with Gasteiger partial charge in [0.1, 0.15) is 6.04 Å². The lowest BCUT2D eigenvalue weighted by atomic mass is 10.0. The molecular formula is C19H29N3O4. The number of benzene rings is 1. The summed E-state index contributed by atoms with van der Waals surface area (Å²) in [5, 5.41) is 8.27. The lowest BCUT2D eigenvalue weighted by Gasteiger charge is -2.24. The normalized spacial score (nSPS) is 12.8. The molecule has 0 aliphatic carbocycles. The summed E-state index contributed by atoms with van der Waals surface area (Å²) in [5.41, 5.74) is 1.61. The molecule has 0 heterocycles. The van der Waals surface area contributed by atoms with E-state index in [2.05, 4.69) is 16.0 Å². The molecule has 2 atom stereocenters. The van der Waals surface area contributed by atoms with Crippen molar-refractivity contribution in [3.8, 4) is 0 Å². The molecule has 1 aromatic rings. The van der Waals surface area contributed by atoms with E-state index in [4.69, 9.17) is 4.74 Å². The van der Waals surface area contributed by atoms with Crippen molar-refractivity contribution in [3.05, 3.63) is 29.8 Å². The van der Waals surface area contributed by atoms with E-state index in [0.29, 0.717) is 12.1 Å². The van der Waals surface area contributed by atoms with E-state index in [1.165, 1.54) is 0 Å². The fourth-order valence-electron chi connectivity index (χ4n) is 2.33. The van der Waals surface area contributed by atoms with Crippen LogP contribution in [0.25, 0.3) is 0 Å². The van der Waals surface area contributed by atoms with Gasteiger partial charge in [-0.05, 0) is 37.5 Å². The van der Waals surface area contributed by atoms with E-state index >= 15 is 0 Å². The molecule has 2 unspecified atom stereocenters. The first-order chi connectivity index (χ1) is 12.3. The molecule has 7 heteroatoms. The van der Waals surface area contributed by atoms with Crippen molar-refractivity contribution in [2.75, 3.05) is 11.9 Å². The molecule has 0 saturated heterocycles. The van der Waals surface area contributed by atoms with Crippen molar-refractivity contribution < 1.29 is 19.1 Å². The predicted molar refractivity (Wildman–Crippen MR) is 101 cm³/mol. The number of ether oxygens (including phenoxy) is 1. The monoisotopic (exact) mass is 363 g/mol. The maximum absolute atomic E-state index is 12.5. The Morgan fingerprint density at radius 1 is 1.00 bits per heavy atom. The summed E-state index contributed by atoms with van der Waals surface area (Å²) in [5.74, 6) is -0.411. The minimum atomic E-state index is -0.681. The van der Waals surface area contributed by atoms with Gasteiger partial charge in [0.05, 0.1) is 12.6 Å². The average Bonchev–Trinajstić information content (AvgIpc) is 2.59.